The minimum Gasteiger partial charge on any atom is -0.497 e. The van der Waals surface area contributed by atoms with E-state index in [4.69, 9.17) is 9.47 Å². The summed E-state index contributed by atoms with van der Waals surface area (Å²) < 4.78 is 10.5. The van der Waals surface area contributed by atoms with Crippen LogP contribution in [0.2, 0.25) is 0 Å². The van der Waals surface area contributed by atoms with E-state index in [0.29, 0.717) is 17.1 Å². The minimum absolute atomic E-state index is 0.0490. The maximum Gasteiger partial charge on any atom is 0.314 e. The van der Waals surface area contributed by atoms with E-state index < -0.39 is 11.9 Å². The van der Waals surface area contributed by atoms with Gasteiger partial charge in [-0.2, -0.15) is 0 Å². The fourth-order valence-corrected chi connectivity index (χ4v) is 1.76. The molecular weight excluding hydrogens is 258 g/mol. The molecule has 1 aromatic heterocycles. The molecule has 0 saturated carbocycles. The summed E-state index contributed by atoms with van der Waals surface area (Å²) in [6.45, 7) is 0.0490. The summed E-state index contributed by atoms with van der Waals surface area (Å²) >= 11 is 0. The van der Waals surface area contributed by atoms with Crippen molar-refractivity contribution in [1.29, 1.82) is 0 Å². The summed E-state index contributed by atoms with van der Waals surface area (Å²) in [5.74, 6) is -0.432. The molecule has 0 aliphatic heterocycles. The van der Waals surface area contributed by atoms with E-state index in [2.05, 4.69) is 4.98 Å². The molecule has 2 rings (SSSR count). The quantitative estimate of drug-likeness (QED) is 0.874. The number of carboxylic acid groups (broad SMARTS) is 1. The van der Waals surface area contributed by atoms with Crippen molar-refractivity contribution in [2.45, 2.75) is 5.92 Å². The lowest BCUT2D eigenvalue weighted by atomic mass is 10.0. The van der Waals surface area contributed by atoms with Crippen LogP contribution >= 0.6 is 0 Å². The fourth-order valence-electron chi connectivity index (χ4n) is 1.76. The highest BCUT2D eigenvalue weighted by atomic mass is 16.5. The first-order chi connectivity index (χ1) is 9.70. The summed E-state index contributed by atoms with van der Waals surface area (Å²) in [6.07, 6.45) is 3.18. The van der Waals surface area contributed by atoms with E-state index in [9.17, 15) is 9.90 Å². The van der Waals surface area contributed by atoms with Crippen LogP contribution < -0.4 is 9.47 Å². The topological polar surface area (TPSA) is 68.7 Å². The molecular formula is C15H15NO4. The molecule has 0 aliphatic carbocycles. The minimum atomic E-state index is -0.931. The zero-order chi connectivity index (χ0) is 14.4. The fraction of sp³-hybridized carbons (Fsp3) is 0.200. The number of methoxy groups -OCH3 is 1. The van der Waals surface area contributed by atoms with E-state index in [1.54, 1.807) is 55.9 Å². The lowest BCUT2D eigenvalue weighted by Gasteiger charge is -2.14. The molecule has 5 heteroatoms. The average Bonchev–Trinajstić information content (AvgIpc) is 2.49. The molecule has 0 spiro atoms. The Morgan fingerprint density at radius 2 is 2.00 bits per heavy atom. The smallest absolute Gasteiger partial charge is 0.314 e. The van der Waals surface area contributed by atoms with Crippen LogP contribution in [0.1, 0.15) is 11.5 Å². The predicted molar refractivity (Wildman–Crippen MR) is 73.1 cm³/mol. The maximum absolute atomic E-state index is 11.3. The third-order valence-corrected chi connectivity index (χ3v) is 2.87. The van der Waals surface area contributed by atoms with Crippen LogP contribution in [-0.2, 0) is 4.79 Å². The molecule has 1 unspecified atom stereocenters. The number of ether oxygens (including phenoxy) is 2. The molecule has 2 aromatic rings. The first kappa shape index (κ1) is 13.9. The van der Waals surface area contributed by atoms with Gasteiger partial charge in [0.05, 0.1) is 13.3 Å². The SMILES string of the molecule is COc1ccc(C(COc2cccnc2)C(=O)O)cc1. The Balaban J connectivity index is 2.08. The summed E-state index contributed by atoms with van der Waals surface area (Å²) in [7, 11) is 1.56. The van der Waals surface area contributed by atoms with Gasteiger partial charge in [-0.25, -0.2) is 0 Å². The van der Waals surface area contributed by atoms with E-state index in [0.717, 1.165) is 0 Å². The normalized spacial score (nSPS) is 11.7. The number of carbonyl (C=O) groups is 1. The molecule has 1 N–H and O–H groups in total. The van der Waals surface area contributed by atoms with Gasteiger partial charge in [-0.3, -0.25) is 9.78 Å². The van der Waals surface area contributed by atoms with Crippen molar-refractivity contribution in [3.8, 4) is 11.5 Å². The van der Waals surface area contributed by atoms with E-state index in [1.807, 2.05) is 0 Å². The number of nitrogens with zero attached hydrogens (tertiary/aromatic N) is 1. The highest BCUT2D eigenvalue weighted by Crippen LogP contribution is 2.21. The van der Waals surface area contributed by atoms with Crippen LogP contribution in [0.25, 0.3) is 0 Å². The molecule has 0 saturated heterocycles. The first-order valence-corrected chi connectivity index (χ1v) is 6.10. The van der Waals surface area contributed by atoms with Crippen LogP contribution in [0.5, 0.6) is 11.5 Å². The molecule has 1 atom stereocenters. The standard InChI is InChI=1S/C15H15NO4/c1-19-12-6-4-11(5-7-12)14(15(17)18)10-20-13-3-2-8-16-9-13/h2-9,14H,10H2,1H3,(H,17,18). The molecule has 104 valence electrons. The van der Waals surface area contributed by atoms with Crippen molar-refractivity contribution >= 4 is 5.97 Å². The molecule has 0 fully saturated rings. The van der Waals surface area contributed by atoms with Crippen LogP contribution in [-0.4, -0.2) is 29.8 Å². The van der Waals surface area contributed by atoms with Gasteiger partial charge in [0.15, 0.2) is 0 Å². The Labute approximate surface area is 116 Å². The Kier molecular flexibility index (Phi) is 4.55. The van der Waals surface area contributed by atoms with Crippen molar-refractivity contribution in [2.75, 3.05) is 13.7 Å². The number of hydrogen-bond donors (Lipinski definition) is 1. The van der Waals surface area contributed by atoms with Gasteiger partial charge in [0, 0.05) is 6.20 Å². The molecule has 0 amide bonds. The van der Waals surface area contributed by atoms with Crippen molar-refractivity contribution in [3.63, 3.8) is 0 Å². The zero-order valence-corrected chi connectivity index (χ0v) is 11.0. The largest absolute Gasteiger partial charge is 0.497 e. The number of hydrogen-bond acceptors (Lipinski definition) is 4. The van der Waals surface area contributed by atoms with Gasteiger partial charge in [-0.05, 0) is 29.8 Å². The Morgan fingerprint density at radius 1 is 1.25 bits per heavy atom. The van der Waals surface area contributed by atoms with Gasteiger partial charge >= 0.3 is 5.97 Å². The van der Waals surface area contributed by atoms with Gasteiger partial charge in [-0.15, -0.1) is 0 Å². The number of carboxylic acids is 1. The highest BCUT2D eigenvalue weighted by molar-refractivity contribution is 5.76. The Morgan fingerprint density at radius 3 is 2.55 bits per heavy atom. The summed E-state index contributed by atoms with van der Waals surface area (Å²) in [5, 5.41) is 9.30. The Hall–Kier alpha value is -2.56. The van der Waals surface area contributed by atoms with Gasteiger partial charge in [0.25, 0.3) is 0 Å². The maximum atomic E-state index is 11.3. The van der Waals surface area contributed by atoms with Gasteiger partial charge in [0.2, 0.25) is 0 Å². The molecule has 1 heterocycles. The second-order valence-electron chi connectivity index (χ2n) is 4.16. The van der Waals surface area contributed by atoms with Gasteiger partial charge < -0.3 is 14.6 Å². The number of pyridine rings is 1. The van der Waals surface area contributed by atoms with Crippen LogP contribution in [0.3, 0.4) is 0 Å². The van der Waals surface area contributed by atoms with Crippen LogP contribution in [0.4, 0.5) is 0 Å². The number of aromatic nitrogens is 1. The Bertz CT molecular complexity index is 554. The van der Waals surface area contributed by atoms with Crippen molar-refractivity contribution in [3.05, 3.63) is 54.4 Å². The zero-order valence-electron chi connectivity index (χ0n) is 11.0. The molecule has 20 heavy (non-hydrogen) atoms. The molecule has 0 radical (unpaired) electrons. The van der Waals surface area contributed by atoms with Crippen molar-refractivity contribution < 1.29 is 19.4 Å². The monoisotopic (exact) mass is 273 g/mol. The number of benzene rings is 1. The predicted octanol–water partition coefficient (Wildman–Crippen LogP) is 2.34. The second kappa shape index (κ2) is 6.56. The third-order valence-electron chi connectivity index (χ3n) is 2.87. The molecule has 1 aromatic carbocycles. The van der Waals surface area contributed by atoms with Crippen molar-refractivity contribution in [1.82, 2.24) is 4.98 Å². The number of aliphatic carboxylic acids is 1. The summed E-state index contributed by atoms with van der Waals surface area (Å²) in [6, 6.07) is 10.4. The molecule has 0 bridgehead atoms. The number of rotatable bonds is 6. The summed E-state index contributed by atoms with van der Waals surface area (Å²) in [5.41, 5.74) is 0.669. The highest BCUT2D eigenvalue weighted by Gasteiger charge is 2.20. The molecule has 5 nitrogen and oxygen atoms in total. The van der Waals surface area contributed by atoms with Crippen LogP contribution in [0, 0.1) is 0 Å². The lowest BCUT2D eigenvalue weighted by molar-refractivity contribution is -0.139. The first-order valence-electron chi connectivity index (χ1n) is 6.10. The second-order valence-corrected chi connectivity index (χ2v) is 4.16. The lowest BCUT2D eigenvalue weighted by Crippen LogP contribution is -2.19. The van der Waals surface area contributed by atoms with Crippen LogP contribution in [0.15, 0.2) is 48.8 Å². The van der Waals surface area contributed by atoms with E-state index >= 15 is 0 Å². The average molecular weight is 273 g/mol. The third kappa shape index (κ3) is 3.47. The van der Waals surface area contributed by atoms with E-state index in [-0.39, 0.29) is 6.61 Å². The van der Waals surface area contributed by atoms with Gasteiger partial charge in [0.1, 0.15) is 24.0 Å². The van der Waals surface area contributed by atoms with Crippen molar-refractivity contribution in [2.24, 2.45) is 0 Å². The summed E-state index contributed by atoms with van der Waals surface area (Å²) in [4.78, 5) is 15.3. The van der Waals surface area contributed by atoms with E-state index in [1.165, 1.54) is 0 Å². The molecule has 0 aliphatic rings. The van der Waals surface area contributed by atoms with Gasteiger partial charge in [-0.1, -0.05) is 12.1 Å².